The maximum absolute atomic E-state index is 12.1. The molecule has 0 aliphatic carbocycles. The maximum Gasteiger partial charge on any atom is 0.308 e. The Hall–Kier alpha value is -1.85. The van der Waals surface area contributed by atoms with Crippen LogP contribution in [0.5, 0.6) is 0 Å². The van der Waals surface area contributed by atoms with Crippen molar-refractivity contribution in [3.05, 3.63) is 18.0 Å². The topological polar surface area (TPSA) is 75.4 Å². The zero-order chi connectivity index (χ0) is 14.9. The SMILES string of the molecule is CC1CC(=O)N(CCc2cnn(C)c2)C(C)C1C(=O)O. The van der Waals surface area contributed by atoms with Crippen molar-refractivity contribution in [1.29, 1.82) is 0 Å². The summed E-state index contributed by atoms with van der Waals surface area (Å²) in [4.78, 5) is 25.2. The van der Waals surface area contributed by atoms with Crippen LogP contribution in [0.25, 0.3) is 0 Å². The summed E-state index contributed by atoms with van der Waals surface area (Å²) >= 11 is 0. The van der Waals surface area contributed by atoms with Gasteiger partial charge in [-0.05, 0) is 24.8 Å². The van der Waals surface area contributed by atoms with Gasteiger partial charge in [0.1, 0.15) is 0 Å². The molecule has 1 N–H and O–H groups in total. The number of aliphatic carboxylic acids is 1. The number of amides is 1. The average Bonchev–Trinajstić information content (AvgIpc) is 2.73. The quantitative estimate of drug-likeness (QED) is 0.889. The summed E-state index contributed by atoms with van der Waals surface area (Å²) in [7, 11) is 1.85. The smallest absolute Gasteiger partial charge is 0.308 e. The normalized spacial score (nSPS) is 26.9. The third-order valence-corrected chi connectivity index (χ3v) is 4.13. The van der Waals surface area contributed by atoms with Crippen molar-refractivity contribution >= 4 is 11.9 Å². The Labute approximate surface area is 118 Å². The maximum atomic E-state index is 12.1. The highest BCUT2D eigenvalue weighted by molar-refractivity contribution is 5.81. The number of likely N-dealkylation sites (tertiary alicyclic amines) is 1. The number of nitrogens with zero attached hydrogens (tertiary/aromatic N) is 3. The lowest BCUT2D eigenvalue weighted by atomic mass is 9.81. The minimum absolute atomic E-state index is 0.0476. The molecule has 1 aromatic heterocycles. The lowest BCUT2D eigenvalue weighted by Gasteiger charge is -2.40. The van der Waals surface area contributed by atoms with Crippen molar-refractivity contribution in [3.8, 4) is 0 Å². The molecule has 6 heteroatoms. The Bertz CT molecular complexity index is 512. The van der Waals surface area contributed by atoms with E-state index in [1.807, 2.05) is 27.1 Å². The number of aromatic nitrogens is 2. The summed E-state index contributed by atoms with van der Waals surface area (Å²) in [6, 6.07) is -0.263. The average molecular weight is 279 g/mol. The molecule has 1 aliphatic heterocycles. The summed E-state index contributed by atoms with van der Waals surface area (Å²) in [5.41, 5.74) is 1.05. The van der Waals surface area contributed by atoms with Crippen LogP contribution in [0.1, 0.15) is 25.8 Å². The summed E-state index contributed by atoms with van der Waals surface area (Å²) in [5.74, 6) is -1.36. The van der Waals surface area contributed by atoms with Crippen molar-refractivity contribution in [2.75, 3.05) is 6.54 Å². The molecule has 6 nitrogen and oxygen atoms in total. The second kappa shape index (κ2) is 5.64. The van der Waals surface area contributed by atoms with E-state index in [9.17, 15) is 14.7 Å². The van der Waals surface area contributed by atoms with E-state index in [-0.39, 0.29) is 17.9 Å². The van der Waals surface area contributed by atoms with Crippen LogP contribution >= 0.6 is 0 Å². The second-order valence-electron chi connectivity index (χ2n) is 5.65. The predicted octanol–water partition coefficient (Wildman–Crippen LogP) is 0.920. The van der Waals surface area contributed by atoms with Crippen LogP contribution in [0.2, 0.25) is 0 Å². The molecule has 2 rings (SSSR count). The molecule has 1 fully saturated rings. The van der Waals surface area contributed by atoms with Crippen molar-refractivity contribution in [2.24, 2.45) is 18.9 Å². The highest BCUT2D eigenvalue weighted by atomic mass is 16.4. The van der Waals surface area contributed by atoms with Gasteiger partial charge < -0.3 is 10.0 Å². The largest absolute Gasteiger partial charge is 0.481 e. The zero-order valence-electron chi connectivity index (χ0n) is 12.1. The van der Waals surface area contributed by atoms with Gasteiger partial charge in [0, 0.05) is 32.3 Å². The number of carboxylic acids is 1. The Morgan fingerprint density at radius 1 is 1.50 bits per heavy atom. The fraction of sp³-hybridized carbons (Fsp3) is 0.643. The standard InChI is InChI=1S/C14H21N3O3/c1-9-6-12(18)17(10(2)13(9)14(19)20)5-4-11-7-15-16(3)8-11/h7-10,13H,4-6H2,1-3H3,(H,19,20). The Morgan fingerprint density at radius 2 is 2.20 bits per heavy atom. The summed E-state index contributed by atoms with van der Waals surface area (Å²) in [5, 5.41) is 13.4. The number of carboxylic acid groups (broad SMARTS) is 1. The zero-order valence-corrected chi connectivity index (χ0v) is 12.1. The molecule has 3 unspecified atom stereocenters. The molecule has 2 heterocycles. The van der Waals surface area contributed by atoms with E-state index >= 15 is 0 Å². The number of hydrogen-bond acceptors (Lipinski definition) is 3. The molecule has 0 spiro atoms. The number of piperidine rings is 1. The molecule has 0 radical (unpaired) electrons. The first-order valence-electron chi connectivity index (χ1n) is 6.90. The third-order valence-electron chi connectivity index (χ3n) is 4.13. The van der Waals surface area contributed by atoms with Gasteiger partial charge in [-0.15, -0.1) is 0 Å². The van der Waals surface area contributed by atoms with E-state index < -0.39 is 11.9 Å². The number of carbonyl (C=O) groups excluding carboxylic acids is 1. The van der Waals surface area contributed by atoms with Crippen molar-refractivity contribution in [2.45, 2.75) is 32.7 Å². The van der Waals surface area contributed by atoms with Crippen molar-refractivity contribution < 1.29 is 14.7 Å². The van der Waals surface area contributed by atoms with E-state index in [4.69, 9.17) is 0 Å². The van der Waals surface area contributed by atoms with Crippen LogP contribution in [0.4, 0.5) is 0 Å². The molecule has 1 amide bonds. The Morgan fingerprint density at radius 3 is 2.75 bits per heavy atom. The predicted molar refractivity (Wildman–Crippen MR) is 73.0 cm³/mol. The highest BCUT2D eigenvalue weighted by Gasteiger charge is 2.41. The minimum atomic E-state index is -0.816. The van der Waals surface area contributed by atoms with E-state index in [2.05, 4.69) is 5.10 Å². The van der Waals surface area contributed by atoms with Crippen LogP contribution in [0, 0.1) is 11.8 Å². The van der Waals surface area contributed by atoms with Crippen LogP contribution in [-0.4, -0.2) is 44.3 Å². The van der Waals surface area contributed by atoms with Crippen LogP contribution in [0.15, 0.2) is 12.4 Å². The molecular formula is C14H21N3O3. The fourth-order valence-corrected chi connectivity index (χ4v) is 3.04. The molecule has 110 valence electrons. The highest BCUT2D eigenvalue weighted by Crippen LogP contribution is 2.30. The summed E-state index contributed by atoms with van der Waals surface area (Å²) < 4.78 is 1.72. The molecule has 1 aromatic rings. The lowest BCUT2D eigenvalue weighted by Crippen LogP contribution is -2.53. The van der Waals surface area contributed by atoms with E-state index in [1.165, 1.54) is 0 Å². The number of hydrogen-bond donors (Lipinski definition) is 1. The molecule has 0 aromatic carbocycles. The molecule has 1 saturated heterocycles. The molecule has 3 atom stereocenters. The summed E-state index contributed by atoms with van der Waals surface area (Å²) in [6.45, 7) is 4.21. The lowest BCUT2D eigenvalue weighted by molar-refractivity contribution is -0.154. The van der Waals surface area contributed by atoms with Crippen molar-refractivity contribution in [1.82, 2.24) is 14.7 Å². The fourth-order valence-electron chi connectivity index (χ4n) is 3.04. The number of rotatable bonds is 4. The first-order valence-corrected chi connectivity index (χ1v) is 6.90. The van der Waals surface area contributed by atoms with Gasteiger partial charge in [-0.2, -0.15) is 5.10 Å². The van der Waals surface area contributed by atoms with Gasteiger partial charge in [-0.1, -0.05) is 6.92 Å². The summed E-state index contributed by atoms with van der Waals surface area (Å²) in [6.07, 6.45) is 4.70. The van der Waals surface area contributed by atoms with E-state index in [0.29, 0.717) is 19.4 Å². The minimum Gasteiger partial charge on any atom is -0.481 e. The molecule has 1 aliphatic rings. The monoisotopic (exact) mass is 279 g/mol. The first-order chi connectivity index (χ1) is 9.40. The van der Waals surface area contributed by atoms with Gasteiger partial charge in [0.2, 0.25) is 5.91 Å². The molecule has 20 heavy (non-hydrogen) atoms. The van der Waals surface area contributed by atoms with Crippen LogP contribution in [0.3, 0.4) is 0 Å². The number of aryl methyl sites for hydroxylation is 1. The Balaban J connectivity index is 2.05. The number of carbonyl (C=O) groups is 2. The van der Waals surface area contributed by atoms with E-state index in [1.54, 1.807) is 15.8 Å². The van der Waals surface area contributed by atoms with Gasteiger partial charge in [-0.3, -0.25) is 14.3 Å². The van der Waals surface area contributed by atoms with Crippen molar-refractivity contribution in [3.63, 3.8) is 0 Å². The first kappa shape index (κ1) is 14.6. The van der Waals surface area contributed by atoms with Crippen LogP contribution < -0.4 is 0 Å². The van der Waals surface area contributed by atoms with Gasteiger partial charge in [-0.25, -0.2) is 0 Å². The third kappa shape index (κ3) is 2.84. The van der Waals surface area contributed by atoms with Gasteiger partial charge >= 0.3 is 5.97 Å². The van der Waals surface area contributed by atoms with Gasteiger partial charge in [0.15, 0.2) is 0 Å². The van der Waals surface area contributed by atoms with E-state index in [0.717, 1.165) is 5.56 Å². The van der Waals surface area contributed by atoms with Gasteiger partial charge in [0.25, 0.3) is 0 Å². The molecular weight excluding hydrogens is 258 g/mol. The second-order valence-corrected chi connectivity index (χ2v) is 5.65. The molecule has 0 bridgehead atoms. The van der Waals surface area contributed by atoms with Gasteiger partial charge in [0.05, 0.1) is 12.1 Å². The Kier molecular flexibility index (Phi) is 4.11. The molecule has 0 saturated carbocycles. The van der Waals surface area contributed by atoms with Crippen LogP contribution in [-0.2, 0) is 23.1 Å².